The van der Waals surface area contributed by atoms with E-state index in [0.717, 1.165) is 0 Å². The van der Waals surface area contributed by atoms with E-state index in [1.54, 1.807) is 6.92 Å². The van der Waals surface area contributed by atoms with E-state index in [1.165, 1.54) is 24.4 Å². The van der Waals surface area contributed by atoms with Crippen LogP contribution in [0, 0.1) is 0 Å². The molecule has 14 heavy (non-hydrogen) atoms. The molecule has 0 aromatic carbocycles. The van der Waals surface area contributed by atoms with Gasteiger partial charge in [-0.3, -0.25) is 10.2 Å². The Bertz CT molecular complexity index is 292. The summed E-state index contributed by atoms with van der Waals surface area (Å²) >= 11 is 0. The molecule has 0 aliphatic rings. The van der Waals surface area contributed by atoms with E-state index in [2.05, 4.69) is 15.6 Å². The topological polar surface area (TPSA) is 69.0 Å². The molecule has 0 aliphatic carbocycles. The van der Waals surface area contributed by atoms with Crippen molar-refractivity contribution in [2.45, 2.75) is 25.9 Å². The van der Waals surface area contributed by atoms with Crippen LogP contribution < -0.4 is 5.43 Å². The second kappa shape index (κ2) is 4.19. The van der Waals surface area contributed by atoms with Gasteiger partial charge in [0.25, 0.3) is 5.91 Å². The zero-order valence-corrected chi connectivity index (χ0v) is 8.52. The first kappa shape index (κ1) is 10.6. The fraction of sp³-hybridized carbons (Fsp3) is 0.625. The Kier molecular flexibility index (Phi) is 3.19. The third-order valence-corrected chi connectivity index (χ3v) is 2.25. The lowest BCUT2D eigenvalue weighted by Crippen LogP contribution is -2.44. The number of methoxy groups -OCH3 is 1. The molecule has 0 spiro atoms. The summed E-state index contributed by atoms with van der Waals surface area (Å²) in [5.74, 6) is -0.220. The zero-order chi connectivity index (χ0) is 10.6. The van der Waals surface area contributed by atoms with Crippen molar-refractivity contribution in [2.75, 3.05) is 12.5 Å². The molecule has 1 aromatic heterocycles. The van der Waals surface area contributed by atoms with Gasteiger partial charge in [-0.2, -0.15) is 0 Å². The van der Waals surface area contributed by atoms with Gasteiger partial charge in [0.1, 0.15) is 18.3 Å². The van der Waals surface area contributed by atoms with Crippen LogP contribution >= 0.6 is 0 Å². The number of hydrogen-bond acceptors (Lipinski definition) is 4. The van der Waals surface area contributed by atoms with Crippen molar-refractivity contribution in [1.29, 1.82) is 0 Å². The van der Waals surface area contributed by atoms with Gasteiger partial charge in [0.15, 0.2) is 0 Å². The van der Waals surface area contributed by atoms with Gasteiger partial charge >= 0.3 is 0 Å². The standard InChI is InChI=1S/C8H14N4O2/c1-4-8(2,14-3)7(13)11-12-5-9-10-6-12/h5-6H,4H2,1-3H3,(H,11,13). The Morgan fingerprint density at radius 1 is 1.57 bits per heavy atom. The minimum atomic E-state index is -0.815. The van der Waals surface area contributed by atoms with Crippen LogP contribution in [-0.4, -0.2) is 33.5 Å². The maximum atomic E-state index is 11.7. The summed E-state index contributed by atoms with van der Waals surface area (Å²) < 4.78 is 6.52. The van der Waals surface area contributed by atoms with E-state index in [0.29, 0.717) is 6.42 Å². The number of carbonyl (C=O) groups is 1. The van der Waals surface area contributed by atoms with Crippen molar-refractivity contribution in [3.05, 3.63) is 12.7 Å². The maximum Gasteiger partial charge on any atom is 0.270 e. The first-order valence-electron chi connectivity index (χ1n) is 4.33. The highest BCUT2D eigenvalue weighted by Crippen LogP contribution is 2.13. The molecule has 1 aromatic rings. The molecule has 78 valence electrons. The number of nitrogens with one attached hydrogen (secondary N) is 1. The quantitative estimate of drug-likeness (QED) is 0.748. The number of hydrogen-bond donors (Lipinski definition) is 1. The Morgan fingerprint density at radius 2 is 2.14 bits per heavy atom. The fourth-order valence-corrected chi connectivity index (χ4v) is 0.892. The van der Waals surface area contributed by atoms with E-state index in [4.69, 9.17) is 4.74 Å². The molecule has 1 heterocycles. The van der Waals surface area contributed by atoms with Gasteiger partial charge in [-0.15, -0.1) is 10.2 Å². The van der Waals surface area contributed by atoms with E-state index in [-0.39, 0.29) is 5.91 Å². The minimum Gasteiger partial charge on any atom is -0.369 e. The number of aromatic nitrogens is 3. The predicted octanol–water partition coefficient (Wildman–Crippen LogP) is 0.163. The highest BCUT2D eigenvalue weighted by Gasteiger charge is 2.31. The Balaban J connectivity index is 2.66. The summed E-state index contributed by atoms with van der Waals surface area (Å²) in [5.41, 5.74) is 1.78. The van der Waals surface area contributed by atoms with Crippen LogP contribution in [-0.2, 0) is 9.53 Å². The lowest BCUT2D eigenvalue weighted by atomic mass is 10.0. The number of rotatable bonds is 4. The van der Waals surface area contributed by atoms with Crippen LogP contribution in [0.5, 0.6) is 0 Å². The average molecular weight is 198 g/mol. The summed E-state index contributed by atoms with van der Waals surface area (Å²) in [6, 6.07) is 0. The highest BCUT2D eigenvalue weighted by molar-refractivity contribution is 5.91. The monoisotopic (exact) mass is 198 g/mol. The Labute approximate surface area is 82.2 Å². The highest BCUT2D eigenvalue weighted by atomic mass is 16.5. The number of carbonyl (C=O) groups excluding carboxylic acids is 1. The molecule has 1 N–H and O–H groups in total. The van der Waals surface area contributed by atoms with Gasteiger partial charge in [0.05, 0.1) is 0 Å². The van der Waals surface area contributed by atoms with Gasteiger partial charge in [-0.05, 0) is 13.3 Å². The summed E-state index contributed by atoms with van der Waals surface area (Å²) in [5, 5.41) is 7.13. The van der Waals surface area contributed by atoms with Gasteiger partial charge in [0, 0.05) is 7.11 Å². The summed E-state index contributed by atoms with van der Waals surface area (Å²) in [7, 11) is 1.51. The molecule has 0 saturated carbocycles. The van der Waals surface area contributed by atoms with Gasteiger partial charge < -0.3 is 4.74 Å². The van der Waals surface area contributed by atoms with Crippen molar-refractivity contribution in [3.63, 3.8) is 0 Å². The van der Waals surface area contributed by atoms with Crippen LogP contribution in [0.4, 0.5) is 0 Å². The van der Waals surface area contributed by atoms with Crippen molar-refractivity contribution >= 4 is 5.91 Å². The zero-order valence-electron chi connectivity index (χ0n) is 8.52. The molecule has 0 fully saturated rings. The SMILES string of the molecule is CCC(C)(OC)C(=O)Nn1cnnc1. The summed E-state index contributed by atoms with van der Waals surface area (Å²) in [6.07, 6.45) is 3.41. The molecular formula is C8H14N4O2. The van der Waals surface area contributed by atoms with E-state index < -0.39 is 5.60 Å². The fourth-order valence-electron chi connectivity index (χ4n) is 0.892. The van der Waals surface area contributed by atoms with Crippen molar-refractivity contribution in [1.82, 2.24) is 14.9 Å². The predicted molar refractivity (Wildman–Crippen MR) is 50.1 cm³/mol. The molecule has 6 heteroatoms. The molecule has 1 atom stereocenters. The summed E-state index contributed by atoms with van der Waals surface area (Å²) in [4.78, 5) is 11.7. The second-order valence-corrected chi connectivity index (χ2v) is 3.10. The van der Waals surface area contributed by atoms with E-state index in [1.807, 2.05) is 6.92 Å². The first-order valence-corrected chi connectivity index (χ1v) is 4.33. The van der Waals surface area contributed by atoms with Crippen molar-refractivity contribution in [2.24, 2.45) is 0 Å². The third-order valence-electron chi connectivity index (χ3n) is 2.25. The van der Waals surface area contributed by atoms with Crippen LogP contribution in [0.3, 0.4) is 0 Å². The van der Waals surface area contributed by atoms with Crippen LogP contribution in [0.1, 0.15) is 20.3 Å². The summed E-state index contributed by atoms with van der Waals surface area (Å²) in [6.45, 7) is 3.61. The molecule has 0 saturated heterocycles. The Morgan fingerprint density at radius 3 is 2.57 bits per heavy atom. The average Bonchev–Trinajstić information content (AvgIpc) is 2.69. The van der Waals surface area contributed by atoms with Gasteiger partial charge in [-0.1, -0.05) is 6.92 Å². The number of nitrogens with zero attached hydrogens (tertiary/aromatic N) is 3. The minimum absolute atomic E-state index is 0.220. The Hall–Kier alpha value is -1.43. The normalized spacial score (nSPS) is 14.8. The molecule has 1 amide bonds. The van der Waals surface area contributed by atoms with Crippen LogP contribution in [0.2, 0.25) is 0 Å². The van der Waals surface area contributed by atoms with Crippen molar-refractivity contribution < 1.29 is 9.53 Å². The molecular weight excluding hydrogens is 184 g/mol. The number of ether oxygens (including phenoxy) is 1. The molecule has 0 radical (unpaired) electrons. The van der Waals surface area contributed by atoms with Crippen LogP contribution in [0.15, 0.2) is 12.7 Å². The smallest absolute Gasteiger partial charge is 0.270 e. The van der Waals surface area contributed by atoms with Crippen molar-refractivity contribution in [3.8, 4) is 0 Å². The van der Waals surface area contributed by atoms with Gasteiger partial charge in [0.2, 0.25) is 0 Å². The largest absolute Gasteiger partial charge is 0.369 e. The lowest BCUT2D eigenvalue weighted by molar-refractivity contribution is -0.137. The lowest BCUT2D eigenvalue weighted by Gasteiger charge is -2.24. The maximum absolute atomic E-state index is 11.7. The molecule has 0 bridgehead atoms. The second-order valence-electron chi connectivity index (χ2n) is 3.10. The van der Waals surface area contributed by atoms with Crippen LogP contribution in [0.25, 0.3) is 0 Å². The van der Waals surface area contributed by atoms with E-state index in [9.17, 15) is 4.79 Å². The first-order chi connectivity index (χ1) is 6.62. The molecule has 1 unspecified atom stereocenters. The van der Waals surface area contributed by atoms with Gasteiger partial charge in [-0.25, -0.2) is 4.68 Å². The molecule has 1 rings (SSSR count). The molecule has 0 aliphatic heterocycles. The number of amides is 1. The molecule has 6 nitrogen and oxygen atoms in total. The third kappa shape index (κ3) is 2.08. The van der Waals surface area contributed by atoms with E-state index >= 15 is 0 Å².